The lowest BCUT2D eigenvalue weighted by molar-refractivity contribution is -0.134. The van der Waals surface area contributed by atoms with Crippen molar-refractivity contribution in [1.82, 2.24) is 5.32 Å². The van der Waals surface area contributed by atoms with Gasteiger partial charge < -0.3 is 29.4 Å². The van der Waals surface area contributed by atoms with E-state index in [1.54, 1.807) is 25.3 Å². The van der Waals surface area contributed by atoms with Gasteiger partial charge in [-0.2, -0.15) is 0 Å². The first-order valence-electron chi connectivity index (χ1n) is 6.78. The number of amides is 1. The summed E-state index contributed by atoms with van der Waals surface area (Å²) in [6.45, 7) is 0.162. The zero-order valence-electron chi connectivity index (χ0n) is 13.3. The molecule has 1 aromatic rings. The van der Waals surface area contributed by atoms with Crippen LogP contribution in [0.1, 0.15) is 5.56 Å². The average Bonchev–Trinajstić information content (AvgIpc) is 2.55. The van der Waals surface area contributed by atoms with Crippen LogP contribution in [0, 0.1) is 0 Å². The second-order valence-corrected chi connectivity index (χ2v) is 4.56. The number of rotatable bonds is 9. The van der Waals surface area contributed by atoms with Crippen LogP contribution in [0.2, 0.25) is 0 Å². The third kappa shape index (κ3) is 5.18. The number of carbonyl (C=O) groups is 1. The molecule has 0 aliphatic heterocycles. The van der Waals surface area contributed by atoms with E-state index in [1.165, 1.54) is 21.3 Å². The van der Waals surface area contributed by atoms with Gasteiger partial charge in [0.25, 0.3) is 0 Å². The van der Waals surface area contributed by atoms with Crippen LogP contribution in [-0.2, 0) is 20.7 Å². The Morgan fingerprint density at radius 1 is 1.14 bits per heavy atom. The maximum atomic E-state index is 11.8. The van der Waals surface area contributed by atoms with E-state index in [1.807, 2.05) is 0 Å². The molecule has 1 amide bonds. The molecule has 0 heterocycles. The molecule has 0 radical (unpaired) electrons. The lowest BCUT2D eigenvalue weighted by atomic mass is 10.1. The Kier molecular flexibility index (Phi) is 7.65. The molecular weight excluding hydrogens is 290 g/mol. The Hall–Kier alpha value is -1.83. The molecule has 1 rings (SSSR count). The van der Waals surface area contributed by atoms with Gasteiger partial charge in [0.15, 0.2) is 17.8 Å². The Morgan fingerprint density at radius 2 is 1.77 bits per heavy atom. The number of aliphatic hydroxyl groups is 1. The minimum absolute atomic E-state index is 0.162. The number of hydrogen-bond acceptors (Lipinski definition) is 6. The van der Waals surface area contributed by atoms with Crippen molar-refractivity contribution in [2.24, 2.45) is 0 Å². The molecule has 0 saturated carbocycles. The van der Waals surface area contributed by atoms with Crippen molar-refractivity contribution in [2.45, 2.75) is 18.8 Å². The lowest BCUT2D eigenvalue weighted by Gasteiger charge is -2.16. The highest BCUT2D eigenvalue weighted by molar-refractivity contribution is 5.80. The van der Waals surface area contributed by atoms with Gasteiger partial charge >= 0.3 is 0 Å². The maximum absolute atomic E-state index is 11.8. The second kappa shape index (κ2) is 9.24. The predicted molar refractivity (Wildman–Crippen MR) is 80.1 cm³/mol. The number of nitrogens with one attached hydrogen (secondary N) is 1. The molecular formula is C15H23NO6. The normalized spacial score (nSPS) is 12.1. The largest absolute Gasteiger partial charge is 0.493 e. The van der Waals surface area contributed by atoms with Crippen molar-refractivity contribution in [3.8, 4) is 11.5 Å². The van der Waals surface area contributed by atoms with E-state index in [-0.39, 0.29) is 13.0 Å². The first-order chi connectivity index (χ1) is 10.5. The molecule has 0 unspecified atom stereocenters. The van der Waals surface area contributed by atoms with Crippen molar-refractivity contribution >= 4 is 5.91 Å². The van der Waals surface area contributed by atoms with Crippen LogP contribution in [0.15, 0.2) is 18.2 Å². The van der Waals surface area contributed by atoms with Crippen LogP contribution in [0.25, 0.3) is 0 Å². The highest BCUT2D eigenvalue weighted by atomic mass is 16.7. The minimum Gasteiger partial charge on any atom is -0.493 e. The van der Waals surface area contributed by atoms with Crippen LogP contribution >= 0.6 is 0 Å². The summed E-state index contributed by atoms with van der Waals surface area (Å²) in [7, 11) is 6.02. The molecule has 1 atom stereocenters. The first kappa shape index (κ1) is 18.2. The third-order valence-electron chi connectivity index (χ3n) is 3.15. The highest BCUT2D eigenvalue weighted by Crippen LogP contribution is 2.27. The molecule has 7 nitrogen and oxygen atoms in total. The number of ether oxygens (including phenoxy) is 4. The van der Waals surface area contributed by atoms with E-state index in [9.17, 15) is 9.90 Å². The van der Waals surface area contributed by atoms with Gasteiger partial charge in [-0.15, -0.1) is 0 Å². The van der Waals surface area contributed by atoms with E-state index in [2.05, 4.69) is 5.32 Å². The molecule has 0 spiro atoms. The quantitative estimate of drug-likeness (QED) is 0.640. The molecule has 0 aliphatic carbocycles. The average molecular weight is 313 g/mol. The molecule has 7 heteroatoms. The third-order valence-corrected chi connectivity index (χ3v) is 3.15. The fourth-order valence-corrected chi connectivity index (χ4v) is 1.89. The van der Waals surface area contributed by atoms with Crippen LogP contribution in [0.5, 0.6) is 11.5 Å². The molecule has 0 bridgehead atoms. The number of carbonyl (C=O) groups excluding carboxylic acids is 1. The van der Waals surface area contributed by atoms with Crippen molar-refractivity contribution < 1.29 is 28.8 Å². The zero-order valence-corrected chi connectivity index (χ0v) is 13.3. The SMILES string of the molecule is COc1ccc(C[C@H](O)C(=O)NCC(OC)OC)cc1OC. The standard InChI is InChI=1S/C15H23NO6/c1-19-12-6-5-10(8-13(12)20-2)7-11(17)15(18)16-9-14(21-3)22-4/h5-6,8,11,14,17H,7,9H2,1-4H3,(H,16,18)/t11-/m0/s1. The van der Waals surface area contributed by atoms with Gasteiger partial charge in [-0.25, -0.2) is 0 Å². The summed E-state index contributed by atoms with van der Waals surface area (Å²) in [6, 6.07) is 5.22. The van der Waals surface area contributed by atoms with Crippen LogP contribution in [-0.4, -0.2) is 58.4 Å². The summed E-state index contributed by atoms with van der Waals surface area (Å²) in [5.41, 5.74) is 0.760. The van der Waals surface area contributed by atoms with Crippen molar-refractivity contribution in [2.75, 3.05) is 35.0 Å². The van der Waals surface area contributed by atoms with Gasteiger partial charge in [-0.05, 0) is 17.7 Å². The van der Waals surface area contributed by atoms with Gasteiger partial charge in [0.2, 0.25) is 5.91 Å². The van der Waals surface area contributed by atoms with Crippen molar-refractivity contribution in [3.05, 3.63) is 23.8 Å². The lowest BCUT2D eigenvalue weighted by Crippen LogP contribution is -2.41. The summed E-state index contributed by atoms with van der Waals surface area (Å²) in [5.74, 6) is 0.647. The Labute approximate surface area is 130 Å². The predicted octanol–water partition coefficient (Wildman–Crippen LogP) is 0.342. The fourth-order valence-electron chi connectivity index (χ4n) is 1.89. The highest BCUT2D eigenvalue weighted by Gasteiger charge is 2.18. The Bertz CT molecular complexity index is 475. The van der Waals surface area contributed by atoms with Crippen LogP contribution in [0.3, 0.4) is 0 Å². The van der Waals surface area contributed by atoms with E-state index < -0.39 is 18.3 Å². The topological polar surface area (TPSA) is 86.3 Å². The minimum atomic E-state index is -1.17. The van der Waals surface area contributed by atoms with Crippen molar-refractivity contribution in [1.29, 1.82) is 0 Å². The van der Waals surface area contributed by atoms with Gasteiger partial charge in [0.05, 0.1) is 20.8 Å². The van der Waals surface area contributed by atoms with E-state index in [0.717, 1.165) is 5.56 Å². The van der Waals surface area contributed by atoms with E-state index >= 15 is 0 Å². The number of benzene rings is 1. The fraction of sp³-hybridized carbons (Fsp3) is 0.533. The molecule has 2 N–H and O–H groups in total. The second-order valence-electron chi connectivity index (χ2n) is 4.56. The number of methoxy groups -OCH3 is 4. The van der Waals surface area contributed by atoms with Gasteiger partial charge in [-0.1, -0.05) is 6.07 Å². The molecule has 22 heavy (non-hydrogen) atoms. The molecule has 0 saturated heterocycles. The summed E-state index contributed by atoms with van der Waals surface area (Å²) in [4.78, 5) is 11.8. The van der Waals surface area contributed by atoms with E-state index in [4.69, 9.17) is 18.9 Å². The molecule has 0 fully saturated rings. The van der Waals surface area contributed by atoms with Crippen LogP contribution in [0.4, 0.5) is 0 Å². The summed E-state index contributed by atoms with van der Waals surface area (Å²) < 4.78 is 20.2. The number of hydrogen-bond donors (Lipinski definition) is 2. The molecule has 0 aromatic heterocycles. The monoisotopic (exact) mass is 313 g/mol. The Morgan fingerprint density at radius 3 is 2.32 bits per heavy atom. The van der Waals surface area contributed by atoms with Gasteiger partial charge in [-0.3, -0.25) is 4.79 Å². The molecule has 1 aromatic carbocycles. The smallest absolute Gasteiger partial charge is 0.249 e. The molecule has 124 valence electrons. The summed E-state index contributed by atoms with van der Waals surface area (Å²) >= 11 is 0. The molecule has 0 aliphatic rings. The first-order valence-corrected chi connectivity index (χ1v) is 6.78. The number of aliphatic hydroxyl groups excluding tert-OH is 1. The van der Waals surface area contributed by atoms with Crippen LogP contribution < -0.4 is 14.8 Å². The van der Waals surface area contributed by atoms with Gasteiger partial charge in [0, 0.05) is 20.6 Å². The summed E-state index contributed by atoms with van der Waals surface area (Å²) in [5, 5.41) is 12.5. The maximum Gasteiger partial charge on any atom is 0.249 e. The zero-order chi connectivity index (χ0) is 16.5. The van der Waals surface area contributed by atoms with E-state index in [0.29, 0.717) is 11.5 Å². The summed E-state index contributed by atoms with van der Waals surface area (Å²) in [6.07, 6.45) is -1.55. The Balaban J connectivity index is 2.60. The van der Waals surface area contributed by atoms with Gasteiger partial charge in [0.1, 0.15) is 6.10 Å². The van der Waals surface area contributed by atoms with Crippen molar-refractivity contribution in [3.63, 3.8) is 0 Å².